The molecule has 1 aromatic carbocycles. The molecule has 0 radical (unpaired) electrons. The van der Waals surface area contributed by atoms with Crippen LogP contribution in [0.2, 0.25) is 0 Å². The van der Waals surface area contributed by atoms with Gasteiger partial charge < -0.3 is 10.2 Å². The van der Waals surface area contributed by atoms with Crippen LogP contribution in [-0.2, 0) is 16.3 Å². The van der Waals surface area contributed by atoms with E-state index in [2.05, 4.69) is 15.9 Å². The number of rotatable bonds is 5. The number of halogens is 1. The standard InChI is InChI=1S/C14H19BrO4S/c15-13-4-2-1-3-11(13)7-14(9-16,10-17)12-5-6-20(18,19)8-12/h1-4,12,16-17H,5-10H2. The molecule has 1 fully saturated rings. The zero-order valence-corrected chi connectivity index (χ0v) is 13.5. The smallest absolute Gasteiger partial charge is 0.150 e. The molecule has 0 saturated carbocycles. The number of sulfone groups is 1. The Morgan fingerprint density at radius 1 is 1.25 bits per heavy atom. The zero-order chi connectivity index (χ0) is 14.8. The summed E-state index contributed by atoms with van der Waals surface area (Å²) >= 11 is 3.46. The fraction of sp³-hybridized carbons (Fsp3) is 0.571. The first-order valence-electron chi connectivity index (χ1n) is 6.58. The molecule has 0 aliphatic carbocycles. The average molecular weight is 363 g/mol. The second-order valence-corrected chi connectivity index (χ2v) is 8.63. The molecule has 0 spiro atoms. The lowest BCUT2D eigenvalue weighted by atomic mass is 9.72. The second kappa shape index (κ2) is 6.13. The van der Waals surface area contributed by atoms with Crippen molar-refractivity contribution in [1.29, 1.82) is 0 Å². The van der Waals surface area contributed by atoms with Gasteiger partial charge in [-0.3, -0.25) is 0 Å². The topological polar surface area (TPSA) is 74.6 Å². The van der Waals surface area contributed by atoms with Crippen LogP contribution in [0.25, 0.3) is 0 Å². The number of aliphatic hydroxyl groups is 2. The van der Waals surface area contributed by atoms with E-state index in [4.69, 9.17) is 0 Å². The molecular formula is C14H19BrO4S. The van der Waals surface area contributed by atoms with Crippen molar-refractivity contribution in [1.82, 2.24) is 0 Å². The summed E-state index contributed by atoms with van der Waals surface area (Å²) in [6.07, 6.45) is 0.968. The van der Waals surface area contributed by atoms with Gasteiger partial charge in [0.25, 0.3) is 0 Å². The van der Waals surface area contributed by atoms with Crippen LogP contribution >= 0.6 is 15.9 Å². The molecule has 1 atom stereocenters. The number of hydrogen-bond donors (Lipinski definition) is 2. The third-order valence-corrected chi connectivity index (χ3v) is 6.77. The van der Waals surface area contributed by atoms with Crippen LogP contribution in [-0.4, -0.2) is 43.4 Å². The molecule has 2 rings (SSSR count). The van der Waals surface area contributed by atoms with Crippen molar-refractivity contribution < 1.29 is 18.6 Å². The fourth-order valence-corrected chi connectivity index (χ4v) is 5.23. The molecule has 1 heterocycles. The van der Waals surface area contributed by atoms with Gasteiger partial charge in [-0.2, -0.15) is 0 Å². The van der Waals surface area contributed by atoms with Crippen molar-refractivity contribution in [2.24, 2.45) is 11.3 Å². The summed E-state index contributed by atoms with van der Waals surface area (Å²) in [5, 5.41) is 19.6. The normalized spacial score (nSPS) is 22.1. The highest BCUT2D eigenvalue weighted by atomic mass is 79.9. The molecule has 0 amide bonds. The summed E-state index contributed by atoms with van der Waals surface area (Å²) in [5.41, 5.74) is 0.188. The van der Waals surface area contributed by atoms with Crippen LogP contribution in [0.4, 0.5) is 0 Å². The highest BCUT2D eigenvalue weighted by molar-refractivity contribution is 9.10. The average Bonchev–Trinajstić information content (AvgIpc) is 2.79. The second-order valence-electron chi connectivity index (χ2n) is 5.55. The molecule has 1 saturated heterocycles. The minimum atomic E-state index is -3.04. The van der Waals surface area contributed by atoms with Crippen LogP contribution in [0, 0.1) is 11.3 Å². The monoisotopic (exact) mass is 362 g/mol. The predicted molar refractivity (Wildman–Crippen MR) is 81.2 cm³/mol. The van der Waals surface area contributed by atoms with Gasteiger partial charge in [0.1, 0.15) is 0 Å². The molecule has 20 heavy (non-hydrogen) atoms. The summed E-state index contributed by atoms with van der Waals surface area (Å²) in [5.74, 6) is 0.00289. The maximum Gasteiger partial charge on any atom is 0.150 e. The largest absolute Gasteiger partial charge is 0.396 e. The minimum Gasteiger partial charge on any atom is -0.396 e. The van der Waals surface area contributed by atoms with E-state index in [0.717, 1.165) is 10.0 Å². The van der Waals surface area contributed by atoms with E-state index in [9.17, 15) is 18.6 Å². The molecule has 2 N–H and O–H groups in total. The van der Waals surface area contributed by atoms with Crippen LogP contribution in [0.15, 0.2) is 28.7 Å². The van der Waals surface area contributed by atoms with Gasteiger partial charge in [-0.1, -0.05) is 34.1 Å². The third kappa shape index (κ3) is 3.24. The Labute approximate surface area is 127 Å². The first-order chi connectivity index (χ1) is 9.42. The lowest BCUT2D eigenvalue weighted by Gasteiger charge is -2.35. The van der Waals surface area contributed by atoms with Gasteiger partial charge >= 0.3 is 0 Å². The Morgan fingerprint density at radius 3 is 2.40 bits per heavy atom. The van der Waals surface area contributed by atoms with E-state index in [-0.39, 0.29) is 30.6 Å². The van der Waals surface area contributed by atoms with E-state index in [1.54, 1.807) is 0 Å². The molecule has 1 aromatic rings. The quantitative estimate of drug-likeness (QED) is 0.829. The Balaban J connectivity index is 2.29. The van der Waals surface area contributed by atoms with E-state index in [1.807, 2.05) is 24.3 Å². The van der Waals surface area contributed by atoms with Gasteiger partial charge in [0, 0.05) is 9.89 Å². The Morgan fingerprint density at radius 2 is 1.90 bits per heavy atom. The highest BCUT2D eigenvalue weighted by Gasteiger charge is 2.44. The summed E-state index contributed by atoms with van der Waals surface area (Å²) in [6, 6.07) is 7.62. The van der Waals surface area contributed by atoms with Gasteiger partial charge in [-0.05, 0) is 30.4 Å². The number of aliphatic hydroxyl groups excluding tert-OH is 2. The van der Waals surface area contributed by atoms with Crippen molar-refractivity contribution in [3.63, 3.8) is 0 Å². The van der Waals surface area contributed by atoms with Crippen molar-refractivity contribution in [2.45, 2.75) is 12.8 Å². The molecule has 4 nitrogen and oxygen atoms in total. The van der Waals surface area contributed by atoms with Gasteiger partial charge in [0.15, 0.2) is 9.84 Å². The van der Waals surface area contributed by atoms with E-state index >= 15 is 0 Å². The summed E-state index contributed by atoms with van der Waals surface area (Å²) in [6.45, 7) is -0.434. The van der Waals surface area contributed by atoms with Crippen LogP contribution in [0.5, 0.6) is 0 Å². The van der Waals surface area contributed by atoms with Gasteiger partial charge in [-0.15, -0.1) is 0 Å². The lowest BCUT2D eigenvalue weighted by molar-refractivity contribution is 0.0123. The van der Waals surface area contributed by atoms with Crippen LogP contribution in [0.3, 0.4) is 0 Å². The van der Waals surface area contributed by atoms with E-state index in [0.29, 0.717) is 12.8 Å². The van der Waals surface area contributed by atoms with Gasteiger partial charge in [-0.25, -0.2) is 8.42 Å². The predicted octanol–water partition coefficient (Wildman–Crippen LogP) is 1.40. The summed E-state index contributed by atoms with van der Waals surface area (Å²) in [4.78, 5) is 0. The van der Waals surface area contributed by atoms with Gasteiger partial charge in [0.2, 0.25) is 0 Å². The SMILES string of the molecule is O=S1(=O)CCC(C(CO)(CO)Cc2ccccc2Br)C1. The first kappa shape index (κ1) is 15.9. The van der Waals surface area contributed by atoms with Crippen LogP contribution in [0.1, 0.15) is 12.0 Å². The molecular weight excluding hydrogens is 344 g/mol. The molecule has 0 aromatic heterocycles. The molecule has 0 bridgehead atoms. The lowest BCUT2D eigenvalue weighted by Crippen LogP contribution is -2.41. The number of benzene rings is 1. The molecule has 1 aliphatic rings. The van der Waals surface area contributed by atoms with Gasteiger partial charge in [0.05, 0.1) is 24.7 Å². The van der Waals surface area contributed by atoms with Crippen molar-refractivity contribution in [3.05, 3.63) is 34.3 Å². The zero-order valence-electron chi connectivity index (χ0n) is 11.1. The first-order valence-corrected chi connectivity index (χ1v) is 9.19. The number of hydrogen-bond acceptors (Lipinski definition) is 4. The van der Waals surface area contributed by atoms with Crippen molar-refractivity contribution >= 4 is 25.8 Å². The molecule has 1 aliphatic heterocycles. The Kier molecular flexibility index (Phi) is 4.89. The Bertz CT molecular complexity index is 566. The maximum atomic E-state index is 11.7. The molecule has 112 valence electrons. The highest BCUT2D eigenvalue weighted by Crippen LogP contribution is 2.39. The maximum absolute atomic E-state index is 11.7. The van der Waals surface area contributed by atoms with E-state index in [1.165, 1.54) is 0 Å². The third-order valence-electron chi connectivity index (χ3n) is 4.23. The van der Waals surface area contributed by atoms with Crippen molar-refractivity contribution in [3.8, 4) is 0 Å². The van der Waals surface area contributed by atoms with Crippen molar-refractivity contribution in [2.75, 3.05) is 24.7 Å². The fourth-order valence-electron chi connectivity index (χ4n) is 2.86. The van der Waals surface area contributed by atoms with Crippen LogP contribution < -0.4 is 0 Å². The summed E-state index contributed by atoms with van der Waals surface area (Å²) in [7, 11) is -3.04. The Hall–Kier alpha value is -0.430. The van der Waals surface area contributed by atoms with E-state index < -0.39 is 15.3 Å². The minimum absolute atomic E-state index is 0.0541. The molecule has 1 unspecified atom stereocenters. The summed E-state index contributed by atoms with van der Waals surface area (Å²) < 4.78 is 24.2. The molecule has 6 heteroatoms.